The van der Waals surface area contributed by atoms with Gasteiger partial charge >= 0.3 is 0 Å². The maximum absolute atomic E-state index is 12.4. The van der Waals surface area contributed by atoms with Crippen LogP contribution in [0.5, 0.6) is 0 Å². The Balaban J connectivity index is 1.77. The second kappa shape index (κ2) is 6.73. The van der Waals surface area contributed by atoms with Crippen LogP contribution in [0.1, 0.15) is 35.2 Å². The van der Waals surface area contributed by atoms with Gasteiger partial charge in [-0.25, -0.2) is 4.98 Å². The van der Waals surface area contributed by atoms with Gasteiger partial charge in [0.25, 0.3) is 5.91 Å². The average Bonchev–Trinajstić information content (AvgIpc) is 3.18. The molecule has 0 aliphatic carbocycles. The Bertz CT molecular complexity index is 683. The molecule has 0 radical (unpaired) electrons. The molecule has 2 heterocycles. The molecule has 0 unspecified atom stereocenters. The first kappa shape index (κ1) is 15.4. The van der Waals surface area contributed by atoms with E-state index in [4.69, 9.17) is 20.8 Å². The third-order valence-corrected chi connectivity index (χ3v) is 4.66. The molecular weight excluding hydrogens is 324 g/mol. The van der Waals surface area contributed by atoms with Gasteiger partial charge in [-0.05, 0) is 37.3 Å². The SMILES string of the molecule is CSc1ccc(NC(=O)c2ncoc2[C@@H]2CCCO2)cc1Cl. The summed E-state index contributed by atoms with van der Waals surface area (Å²) in [5.74, 6) is 0.161. The number of oxazole rings is 1. The number of hydrogen-bond acceptors (Lipinski definition) is 5. The van der Waals surface area contributed by atoms with E-state index >= 15 is 0 Å². The standard InChI is InChI=1S/C15H15ClN2O3S/c1-22-12-5-4-9(7-10(12)16)18-15(19)13-14(21-8-17-13)11-3-2-6-20-11/h4-5,7-8,11H,2-3,6H2,1H3,(H,18,19)/t11-/m0/s1. The molecule has 116 valence electrons. The van der Waals surface area contributed by atoms with E-state index in [-0.39, 0.29) is 17.7 Å². The van der Waals surface area contributed by atoms with Crippen LogP contribution < -0.4 is 5.32 Å². The van der Waals surface area contributed by atoms with E-state index < -0.39 is 0 Å². The Morgan fingerprint density at radius 3 is 3.05 bits per heavy atom. The van der Waals surface area contributed by atoms with Gasteiger partial charge in [0.15, 0.2) is 17.8 Å². The molecule has 1 saturated heterocycles. The van der Waals surface area contributed by atoms with E-state index in [9.17, 15) is 4.79 Å². The van der Waals surface area contributed by atoms with Crippen LogP contribution in [0, 0.1) is 0 Å². The van der Waals surface area contributed by atoms with E-state index in [0.717, 1.165) is 17.7 Å². The van der Waals surface area contributed by atoms with Crippen molar-refractivity contribution in [1.82, 2.24) is 4.98 Å². The number of hydrogen-bond donors (Lipinski definition) is 1. The summed E-state index contributed by atoms with van der Waals surface area (Å²) in [5, 5.41) is 3.39. The second-order valence-corrected chi connectivity index (χ2v) is 6.13. The number of carbonyl (C=O) groups is 1. The molecule has 0 spiro atoms. The third-order valence-electron chi connectivity index (χ3n) is 3.44. The van der Waals surface area contributed by atoms with E-state index in [2.05, 4.69) is 10.3 Å². The van der Waals surface area contributed by atoms with Crippen molar-refractivity contribution in [3.05, 3.63) is 41.1 Å². The maximum atomic E-state index is 12.4. The van der Waals surface area contributed by atoms with Crippen LogP contribution in [-0.4, -0.2) is 23.8 Å². The quantitative estimate of drug-likeness (QED) is 0.848. The highest BCUT2D eigenvalue weighted by molar-refractivity contribution is 7.98. The third kappa shape index (κ3) is 3.14. The first-order chi connectivity index (χ1) is 10.7. The molecule has 2 aromatic rings. The Labute approximate surface area is 137 Å². The lowest BCUT2D eigenvalue weighted by molar-refractivity contribution is 0.0889. The summed E-state index contributed by atoms with van der Waals surface area (Å²) in [4.78, 5) is 17.4. The van der Waals surface area contributed by atoms with Gasteiger partial charge in [-0.15, -0.1) is 11.8 Å². The number of halogens is 1. The fourth-order valence-corrected chi connectivity index (χ4v) is 3.24. The zero-order valence-electron chi connectivity index (χ0n) is 12.0. The summed E-state index contributed by atoms with van der Waals surface area (Å²) in [6, 6.07) is 5.39. The number of nitrogens with zero attached hydrogens (tertiary/aromatic N) is 1. The Morgan fingerprint density at radius 1 is 1.50 bits per heavy atom. The predicted octanol–water partition coefficient (Wildman–Crippen LogP) is 4.15. The van der Waals surface area contributed by atoms with Crippen molar-refractivity contribution in [2.24, 2.45) is 0 Å². The second-order valence-electron chi connectivity index (χ2n) is 4.87. The average molecular weight is 339 g/mol. The first-order valence-electron chi connectivity index (χ1n) is 6.89. The van der Waals surface area contributed by atoms with Gasteiger partial charge in [0.05, 0.1) is 5.02 Å². The molecule has 1 aromatic heterocycles. The molecule has 0 saturated carbocycles. The lowest BCUT2D eigenvalue weighted by atomic mass is 10.1. The number of amides is 1. The van der Waals surface area contributed by atoms with Crippen LogP contribution in [0.15, 0.2) is 33.9 Å². The van der Waals surface area contributed by atoms with E-state index in [1.54, 1.807) is 23.9 Å². The zero-order chi connectivity index (χ0) is 15.5. The number of carbonyl (C=O) groups excluding carboxylic acids is 1. The molecule has 1 aliphatic heterocycles. The number of anilines is 1. The summed E-state index contributed by atoms with van der Waals surface area (Å²) >= 11 is 7.70. The van der Waals surface area contributed by atoms with Crippen molar-refractivity contribution in [3.8, 4) is 0 Å². The largest absolute Gasteiger partial charge is 0.445 e. The zero-order valence-corrected chi connectivity index (χ0v) is 13.5. The smallest absolute Gasteiger partial charge is 0.278 e. The van der Waals surface area contributed by atoms with Crippen LogP contribution >= 0.6 is 23.4 Å². The van der Waals surface area contributed by atoms with Crippen LogP contribution in [0.2, 0.25) is 5.02 Å². The number of ether oxygens (including phenoxy) is 1. The van der Waals surface area contributed by atoms with Crippen molar-refractivity contribution >= 4 is 35.0 Å². The molecule has 1 aliphatic rings. The Morgan fingerprint density at radius 2 is 2.36 bits per heavy atom. The lowest BCUT2D eigenvalue weighted by Crippen LogP contribution is -2.15. The minimum Gasteiger partial charge on any atom is -0.445 e. The van der Waals surface area contributed by atoms with Gasteiger partial charge in [-0.2, -0.15) is 0 Å². The Kier molecular flexibility index (Phi) is 4.71. The number of thioether (sulfide) groups is 1. The van der Waals surface area contributed by atoms with Crippen molar-refractivity contribution in [2.45, 2.75) is 23.8 Å². The van der Waals surface area contributed by atoms with Crippen LogP contribution in [0.3, 0.4) is 0 Å². The summed E-state index contributed by atoms with van der Waals surface area (Å²) in [6.07, 6.45) is 4.83. The first-order valence-corrected chi connectivity index (χ1v) is 8.49. The highest BCUT2D eigenvalue weighted by atomic mass is 35.5. The molecule has 0 bridgehead atoms. The normalized spacial score (nSPS) is 17.6. The van der Waals surface area contributed by atoms with E-state index in [0.29, 0.717) is 23.1 Å². The Hall–Kier alpha value is -1.50. The maximum Gasteiger partial charge on any atom is 0.278 e. The molecule has 1 amide bonds. The number of benzene rings is 1. The number of aromatic nitrogens is 1. The molecular formula is C15H15ClN2O3S. The molecule has 1 aromatic carbocycles. The summed E-state index contributed by atoms with van der Waals surface area (Å²) < 4.78 is 10.9. The fraction of sp³-hybridized carbons (Fsp3) is 0.333. The van der Waals surface area contributed by atoms with Crippen LogP contribution in [-0.2, 0) is 4.74 Å². The van der Waals surface area contributed by atoms with Crippen molar-refractivity contribution in [3.63, 3.8) is 0 Å². The lowest BCUT2D eigenvalue weighted by Gasteiger charge is -2.09. The van der Waals surface area contributed by atoms with Gasteiger partial charge in [0, 0.05) is 17.2 Å². The summed E-state index contributed by atoms with van der Waals surface area (Å²) in [7, 11) is 0. The molecule has 22 heavy (non-hydrogen) atoms. The number of nitrogens with one attached hydrogen (secondary N) is 1. The molecule has 7 heteroatoms. The number of rotatable bonds is 4. The molecule has 1 atom stereocenters. The van der Waals surface area contributed by atoms with Crippen LogP contribution in [0.4, 0.5) is 5.69 Å². The highest BCUT2D eigenvalue weighted by Gasteiger charge is 2.28. The van der Waals surface area contributed by atoms with Gasteiger partial charge in [-0.3, -0.25) is 4.79 Å². The summed E-state index contributed by atoms with van der Waals surface area (Å²) in [5.41, 5.74) is 0.881. The van der Waals surface area contributed by atoms with Crippen molar-refractivity contribution < 1.29 is 13.9 Å². The van der Waals surface area contributed by atoms with Gasteiger partial charge in [0.2, 0.25) is 0 Å². The van der Waals surface area contributed by atoms with Crippen molar-refractivity contribution in [2.75, 3.05) is 18.2 Å². The topological polar surface area (TPSA) is 64.4 Å². The van der Waals surface area contributed by atoms with Gasteiger partial charge in [0.1, 0.15) is 6.10 Å². The fourth-order valence-electron chi connectivity index (χ4n) is 2.37. The monoisotopic (exact) mass is 338 g/mol. The molecule has 3 rings (SSSR count). The molecule has 5 nitrogen and oxygen atoms in total. The van der Waals surface area contributed by atoms with Gasteiger partial charge in [-0.1, -0.05) is 11.6 Å². The predicted molar refractivity (Wildman–Crippen MR) is 85.6 cm³/mol. The van der Waals surface area contributed by atoms with E-state index in [1.165, 1.54) is 6.39 Å². The molecule has 1 N–H and O–H groups in total. The minimum atomic E-state index is -0.327. The van der Waals surface area contributed by atoms with Crippen molar-refractivity contribution in [1.29, 1.82) is 0 Å². The highest BCUT2D eigenvalue weighted by Crippen LogP contribution is 2.31. The van der Waals surface area contributed by atoms with Crippen LogP contribution in [0.25, 0.3) is 0 Å². The van der Waals surface area contributed by atoms with E-state index in [1.807, 2.05) is 12.3 Å². The molecule has 1 fully saturated rings. The summed E-state index contributed by atoms with van der Waals surface area (Å²) in [6.45, 7) is 0.679. The van der Waals surface area contributed by atoms with Gasteiger partial charge < -0.3 is 14.5 Å². The minimum absolute atomic E-state index is 0.189.